The SMILES string of the molecule is CCCCCCSc1nc2sc3c(c2c(=O)n1-c1ccc(C)cc1)[C@H](C)CCC3. The van der Waals surface area contributed by atoms with Gasteiger partial charge in [-0.15, -0.1) is 11.3 Å². The minimum Gasteiger partial charge on any atom is -0.268 e. The van der Waals surface area contributed by atoms with E-state index in [2.05, 4.69) is 32.9 Å². The van der Waals surface area contributed by atoms with Gasteiger partial charge in [0.1, 0.15) is 4.83 Å². The van der Waals surface area contributed by atoms with Crippen molar-refractivity contribution in [3.63, 3.8) is 0 Å². The van der Waals surface area contributed by atoms with Crippen molar-refractivity contribution in [1.29, 1.82) is 0 Å². The predicted octanol–water partition coefficient (Wildman–Crippen LogP) is 6.87. The number of nitrogens with zero attached hydrogens (tertiary/aromatic N) is 2. The molecule has 0 aliphatic heterocycles. The van der Waals surface area contributed by atoms with Crippen molar-refractivity contribution in [2.45, 2.75) is 76.8 Å². The fourth-order valence-electron chi connectivity index (χ4n) is 4.23. The Morgan fingerprint density at radius 2 is 2.00 bits per heavy atom. The number of thioether (sulfide) groups is 1. The van der Waals surface area contributed by atoms with E-state index in [1.165, 1.54) is 41.7 Å². The molecule has 1 aliphatic carbocycles. The molecule has 2 aromatic heterocycles. The van der Waals surface area contributed by atoms with Crippen molar-refractivity contribution < 1.29 is 0 Å². The van der Waals surface area contributed by atoms with Crippen LogP contribution >= 0.6 is 23.1 Å². The highest BCUT2D eigenvalue weighted by molar-refractivity contribution is 7.99. The van der Waals surface area contributed by atoms with Crippen LogP contribution in [0.4, 0.5) is 0 Å². The molecule has 3 aromatic rings. The molecule has 29 heavy (non-hydrogen) atoms. The van der Waals surface area contributed by atoms with Crippen LogP contribution in [0.1, 0.15) is 74.3 Å². The van der Waals surface area contributed by atoms with Gasteiger partial charge in [-0.2, -0.15) is 0 Å². The van der Waals surface area contributed by atoms with E-state index in [1.807, 2.05) is 16.7 Å². The molecule has 1 atom stereocenters. The summed E-state index contributed by atoms with van der Waals surface area (Å²) >= 11 is 3.48. The Kier molecular flexibility index (Phi) is 6.45. The van der Waals surface area contributed by atoms with Crippen molar-refractivity contribution in [1.82, 2.24) is 9.55 Å². The lowest BCUT2D eigenvalue weighted by Crippen LogP contribution is -2.22. The molecule has 0 unspecified atom stereocenters. The molecule has 154 valence electrons. The lowest BCUT2D eigenvalue weighted by Gasteiger charge is -2.19. The summed E-state index contributed by atoms with van der Waals surface area (Å²) in [5.41, 5.74) is 3.51. The zero-order valence-electron chi connectivity index (χ0n) is 17.7. The van der Waals surface area contributed by atoms with Gasteiger partial charge in [-0.05, 0) is 56.2 Å². The van der Waals surface area contributed by atoms with E-state index >= 15 is 0 Å². The van der Waals surface area contributed by atoms with Gasteiger partial charge in [0.05, 0.1) is 11.1 Å². The van der Waals surface area contributed by atoms with Crippen LogP contribution in [-0.2, 0) is 6.42 Å². The van der Waals surface area contributed by atoms with E-state index in [4.69, 9.17) is 4.98 Å². The van der Waals surface area contributed by atoms with Crippen LogP contribution in [0.25, 0.3) is 15.9 Å². The van der Waals surface area contributed by atoms with Crippen LogP contribution < -0.4 is 5.56 Å². The number of thiophene rings is 1. The van der Waals surface area contributed by atoms with Gasteiger partial charge < -0.3 is 0 Å². The lowest BCUT2D eigenvalue weighted by molar-refractivity contribution is 0.601. The highest BCUT2D eigenvalue weighted by Crippen LogP contribution is 2.41. The van der Waals surface area contributed by atoms with Gasteiger partial charge >= 0.3 is 0 Å². The average Bonchev–Trinajstić information content (AvgIpc) is 3.09. The van der Waals surface area contributed by atoms with Crippen molar-refractivity contribution >= 4 is 33.3 Å². The first-order valence-corrected chi connectivity index (χ1v) is 12.7. The maximum Gasteiger partial charge on any atom is 0.267 e. The van der Waals surface area contributed by atoms with E-state index in [-0.39, 0.29) is 5.56 Å². The molecule has 2 heterocycles. The van der Waals surface area contributed by atoms with Crippen LogP contribution in [0, 0.1) is 6.92 Å². The minimum absolute atomic E-state index is 0.112. The number of hydrogen-bond donors (Lipinski definition) is 0. The molecule has 5 heteroatoms. The first kappa shape index (κ1) is 20.7. The Labute approximate surface area is 181 Å². The summed E-state index contributed by atoms with van der Waals surface area (Å²) in [7, 11) is 0. The molecular formula is C24H30N2OS2. The monoisotopic (exact) mass is 426 g/mol. The lowest BCUT2D eigenvalue weighted by atomic mass is 9.88. The van der Waals surface area contributed by atoms with E-state index in [0.717, 1.165) is 46.1 Å². The first-order chi connectivity index (χ1) is 14.1. The maximum absolute atomic E-state index is 13.8. The Morgan fingerprint density at radius 1 is 1.21 bits per heavy atom. The second-order valence-electron chi connectivity index (χ2n) is 8.19. The summed E-state index contributed by atoms with van der Waals surface area (Å²) in [5, 5.41) is 1.71. The van der Waals surface area contributed by atoms with E-state index in [1.54, 1.807) is 23.1 Å². The molecule has 1 aromatic carbocycles. The van der Waals surface area contributed by atoms with E-state index < -0.39 is 0 Å². The van der Waals surface area contributed by atoms with Gasteiger partial charge in [0, 0.05) is 10.6 Å². The van der Waals surface area contributed by atoms with Crippen LogP contribution in [0.2, 0.25) is 0 Å². The van der Waals surface area contributed by atoms with Crippen molar-refractivity contribution in [2.75, 3.05) is 5.75 Å². The summed E-state index contributed by atoms with van der Waals surface area (Å²) in [5.74, 6) is 1.45. The summed E-state index contributed by atoms with van der Waals surface area (Å²) in [6, 6.07) is 8.25. The molecule has 0 radical (unpaired) electrons. The molecule has 3 nitrogen and oxygen atoms in total. The van der Waals surface area contributed by atoms with Gasteiger partial charge in [-0.3, -0.25) is 9.36 Å². The molecule has 0 bridgehead atoms. The molecule has 0 saturated carbocycles. The normalized spacial score (nSPS) is 16.3. The zero-order chi connectivity index (χ0) is 20.4. The van der Waals surface area contributed by atoms with Gasteiger partial charge in [0.25, 0.3) is 5.56 Å². The number of aryl methyl sites for hydroxylation is 2. The summed E-state index contributed by atoms with van der Waals surface area (Å²) in [6.45, 7) is 6.57. The van der Waals surface area contributed by atoms with E-state index in [0.29, 0.717) is 5.92 Å². The Balaban J connectivity index is 1.82. The van der Waals surface area contributed by atoms with Gasteiger partial charge in [0.15, 0.2) is 5.16 Å². The highest BCUT2D eigenvalue weighted by Gasteiger charge is 2.26. The number of benzene rings is 1. The van der Waals surface area contributed by atoms with Gasteiger partial charge in [0.2, 0.25) is 0 Å². The minimum atomic E-state index is 0.112. The third-order valence-corrected chi connectivity index (χ3v) is 8.05. The van der Waals surface area contributed by atoms with E-state index in [9.17, 15) is 4.79 Å². The first-order valence-electron chi connectivity index (χ1n) is 10.9. The Hall–Kier alpha value is -1.59. The second-order valence-corrected chi connectivity index (χ2v) is 10.3. The molecular weight excluding hydrogens is 396 g/mol. The predicted molar refractivity (Wildman–Crippen MR) is 126 cm³/mol. The number of fused-ring (bicyclic) bond motifs is 3. The van der Waals surface area contributed by atoms with Crippen LogP contribution in [0.3, 0.4) is 0 Å². The quantitative estimate of drug-likeness (QED) is 0.235. The molecule has 0 saturated heterocycles. The summed E-state index contributed by atoms with van der Waals surface area (Å²) < 4.78 is 1.86. The van der Waals surface area contributed by atoms with Crippen molar-refractivity contribution in [3.05, 3.63) is 50.6 Å². The number of rotatable bonds is 7. The fourth-order valence-corrected chi connectivity index (χ4v) is 6.62. The Bertz CT molecular complexity index is 1050. The summed E-state index contributed by atoms with van der Waals surface area (Å²) in [6.07, 6.45) is 8.38. The molecule has 4 rings (SSSR count). The second kappa shape index (κ2) is 9.05. The van der Waals surface area contributed by atoms with Gasteiger partial charge in [-0.1, -0.05) is 62.6 Å². The maximum atomic E-state index is 13.8. The summed E-state index contributed by atoms with van der Waals surface area (Å²) in [4.78, 5) is 21.1. The smallest absolute Gasteiger partial charge is 0.267 e. The third-order valence-electron chi connectivity index (χ3n) is 5.86. The zero-order valence-corrected chi connectivity index (χ0v) is 19.3. The standard InChI is InChI=1S/C24H30N2OS2/c1-4-5-6-7-15-28-24-25-22-21(20-17(3)9-8-10-19(20)29-22)23(27)26(24)18-13-11-16(2)12-14-18/h11-14,17H,4-10,15H2,1-3H3/t17-/m1/s1. The molecule has 0 amide bonds. The van der Waals surface area contributed by atoms with Crippen molar-refractivity contribution in [2.24, 2.45) is 0 Å². The van der Waals surface area contributed by atoms with Crippen LogP contribution in [0.15, 0.2) is 34.2 Å². The largest absolute Gasteiger partial charge is 0.268 e. The number of aromatic nitrogens is 2. The molecule has 0 spiro atoms. The molecule has 1 aliphatic rings. The Morgan fingerprint density at radius 3 is 2.76 bits per heavy atom. The van der Waals surface area contributed by atoms with Crippen molar-refractivity contribution in [3.8, 4) is 5.69 Å². The van der Waals surface area contributed by atoms with Gasteiger partial charge in [-0.25, -0.2) is 4.98 Å². The fraction of sp³-hybridized carbons (Fsp3) is 0.500. The molecule has 0 fully saturated rings. The number of unbranched alkanes of at least 4 members (excludes halogenated alkanes) is 3. The highest BCUT2D eigenvalue weighted by atomic mass is 32.2. The topological polar surface area (TPSA) is 34.9 Å². The van der Waals surface area contributed by atoms with Crippen LogP contribution in [0.5, 0.6) is 0 Å². The van der Waals surface area contributed by atoms with Crippen LogP contribution in [-0.4, -0.2) is 15.3 Å². The molecule has 0 N–H and O–H groups in total. The number of hydrogen-bond acceptors (Lipinski definition) is 4. The third kappa shape index (κ3) is 4.17. The average molecular weight is 427 g/mol.